The van der Waals surface area contributed by atoms with E-state index in [1.54, 1.807) is 6.07 Å². The molecule has 3 aliphatic carbocycles. The van der Waals surface area contributed by atoms with Crippen molar-refractivity contribution in [3.63, 3.8) is 0 Å². The van der Waals surface area contributed by atoms with E-state index >= 15 is 0 Å². The van der Waals surface area contributed by atoms with Gasteiger partial charge in [-0.3, -0.25) is 4.68 Å². The third kappa shape index (κ3) is 5.52. The summed E-state index contributed by atoms with van der Waals surface area (Å²) >= 11 is 2.68. The second-order valence-electron chi connectivity index (χ2n) is 11.0. The molecule has 0 amide bonds. The summed E-state index contributed by atoms with van der Waals surface area (Å²) in [5.41, 5.74) is 0.117. The highest BCUT2D eigenvalue weighted by Gasteiger charge is 2.38. The van der Waals surface area contributed by atoms with Crippen LogP contribution in [0.15, 0.2) is 23.4 Å². The summed E-state index contributed by atoms with van der Waals surface area (Å²) < 4.78 is 50.1. The van der Waals surface area contributed by atoms with E-state index in [0.29, 0.717) is 27.7 Å². The first kappa shape index (κ1) is 25.6. The number of anilines is 2. The van der Waals surface area contributed by atoms with E-state index in [0.717, 1.165) is 74.3 Å². The monoisotopic (exact) mass is 576 g/mol. The van der Waals surface area contributed by atoms with Crippen molar-refractivity contribution >= 4 is 34.9 Å². The molecule has 0 atom stereocenters. The van der Waals surface area contributed by atoms with Gasteiger partial charge in [0.1, 0.15) is 11.7 Å². The summed E-state index contributed by atoms with van der Waals surface area (Å²) in [6.07, 6.45) is 9.39. The molecule has 3 saturated carbocycles. The maximum absolute atomic E-state index is 14.0. The van der Waals surface area contributed by atoms with Gasteiger partial charge in [0.15, 0.2) is 10.9 Å². The highest BCUT2D eigenvalue weighted by Crippen LogP contribution is 2.47. The summed E-state index contributed by atoms with van der Waals surface area (Å²) in [5, 5.41) is 8.73. The molecule has 3 aromatic rings. The average Bonchev–Trinajstić information content (AvgIpc) is 3.80. The van der Waals surface area contributed by atoms with Gasteiger partial charge in [-0.25, -0.2) is 9.97 Å². The van der Waals surface area contributed by atoms with Crippen molar-refractivity contribution in [2.24, 2.45) is 0 Å². The second-order valence-corrected chi connectivity index (χ2v) is 12.9. The Balaban J connectivity index is 1.18. The fourth-order valence-corrected chi connectivity index (χ4v) is 7.19. The Morgan fingerprint density at radius 3 is 2.46 bits per heavy atom. The predicted octanol–water partition coefficient (Wildman–Crippen LogP) is 7.10. The van der Waals surface area contributed by atoms with Gasteiger partial charge in [0.05, 0.1) is 21.5 Å². The summed E-state index contributed by atoms with van der Waals surface area (Å²) in [6.45, 7) is 2.18. The lowest BCUT2D eigenvalue weighted by molar-refractivity contribution is -0.137. The van der Waals surface area contributed by atoms with Gasteiger partial charge in [-0.05, 0) is 69.6 Å². The third-order valence-corrected chi connectivity index (χ3v) is 9.86. The minimum absolute atomic E-state index is 0.123. The van der Waals surface area contributed by atoms with Gasteiger partial charge in [-0.15, -0.1) is 11.8 Å². The lowest BCUT2D eigenvalue weighted by Gasteiger charge is -2.32. The van der Waals surface area contributed by atoms with Crippen molar-refractivity contribution in [1.82, 2.24) is 24.6 Å². The number of likely N-dealkylation sites (tertiary alicyclic amines) is 1. The highest BCUT2D eigenvalue weighted by atomic mass is 32.2. The molecule has 0 aromatic carbocycles. The van der Waals surface area contributed by atoms with Crippen LogP contribution in [0, 0.1) is 0 Å². The van der Waals surface area contributed by atoms with E-state index < -0.39 is 11.7 Å². The van der Waals surface area contributed by atoms with Crippen LogP contribution >= 0.6 is 23.1 Å². The summed E-state index contributed by atoms with van der Waals surface area (Å²) in [7, 11) is 0. The van der Waals surface area contributed by atoms with Gasteiger partial charge in [0.25, 0.3) is 0 Å². The maximum Gasteiger partial charge on any atom is 0.420 e. The average molecular weight is 577 g/mol. The Morgan fingerprint density at radius 2 is 1.82 bits per heavy atom. The van der Waals surface area contributed by atoms with Gasteiger partial charge in [0.2, 0.25) is 5.95 Å². The summed E-state index contributed by atoms with van der Waals surface area (Å²) in [6, 6.07) is 2.85. The molecule has 1 N–H and O–H groups in total. The van der Waals surface area contributed by atoms with Crippen molar-refractivity contribution in [3.05, 3.63) is 29.6 Å². The van der Waals surface area contributed by atoms with E-state index in [-0.39, 0.29) is 17.7 Å². The molecule has 39 heavy (non-hydrogen) atoms. The quantitative estimate of drug-likeness (QED) is 0.273. The molecule has 0 radical (unpaired) electrons. The Morgan fingerprint density at radius 1 is 1.05 bits per heavy atom. The van der Waals surface area contributed by atoms with Crippen molar-refractivity contribution < 1.29 is 17.9 Å². The molecule has 208 valence electrons. The topological polar surface area (TPSA) is 68.1 Å². The number of alkyl halides is 3. The van der Waals surface area contributed by atoms with Crippen molar-refractivity contribution in [3.8, 4) is 15.6 Å². The van der Waals surface area contributed by atoms with E-state index in [4.69, 9.17) is 9.84 Å². The molecule has 1 aliphatic heterocycles. The Bertz CT molecular complexity index is 1350. The maximum atomic E-state index is 14.0. The molecule has 4 fully saturated rings. The standard InChI is InChI=1S/C27H31F3N6OS2/c1-38-22-12-21(39-25(22)37-18-6-7-18)23-20(27(28,29)30)13-31-26(32-23)33-24-19(15-2-3-15)14-36(34-24)17-8-10-35(11-9-17)16-4-5-16/h12-18H,2-11H2,1H3,(H,31,32,33,34). The van der Waals surface area contributed by atoms with Crippen LogP contribution in [-0.2, 0) is 6.18 Å². The number of nitrogens with zero attached hydrogens (tertiary/aromatic N) is 5. The fourth-order valence-electron chi connectivity index (χ4n) is 5.32. The largest absolute Gasteiger partial charge is 0.480 e. The highest BCUT2D eigenvalue weighted by molar-refractivity contribution is 7.98. The molecule has 0 unspecified atom stereocenters. The minimum atomic E-state index is -4.58. The van der Waals surface area contributed by atoms with E-state index in [2.05, 4.69) is 31.1 Å². The first-order valence-electron chi connectivity index (χ1n) is 13.7. The number of halogens is 3. The van der Waals surface area contributed by atoms with Gasteiger partial charge in [-0.2, -0.15) is 18.3 Å². The summed E-state index contributed by atoms with van der Waals surface area (Å²) in [5.74, 6) is 1.20. The van der Waals surface area contributed by atoms with Gasteiger partial charge < -0.3 is 15.0 Å². The van der Waals surface area contributed by atoms with Crippen molar-refractivity contribution in [2.75, 3.05) is 24.7 Å². The molecular formula is C27H31F3N6OS2. The first-order chi connectivity index (χ1) is 18.9. The number of rotatable bonds is 9. The predicted molar refractivity (Wildman–Crippen MR) is 146 cm³/mol. The van der Waals surface area contributed by atoms with E-state index in [1.807, 2.05) is 6.26 Å². The zero-order valence-corrected chi connectivity index (χ0v) is 23.3. The van der Waals surface area contributed by atoms with Crippen LogP contribution < -0.4 is 10.1 Å². The Hall–Kier alpha value is -2.31. The zero-order valence-electron chi connectivity index (χ0n) is 21.7. The van der Waals surface area contributed by atoms with Crippen LogP contribution in [0.4, 0.5) is 24.9 Å². The van der Waals surface area contributed by atoms with Gasteiger partial charge in [-0.1, -0.05) is 11.3 Å². The van der Waals surface area contributed by atoms with Gasteiger partial charge >= 0.3 is 6.18 Å². The number of hydrogen-bond donors (Lipinski definition) is 1. The van der Waals surface area contributed by atoms with Crippen molar-refractivity contribution in [1.29, 1.82) is 0 Å². The lowest BCUT2D eigenvalue weighted by Crippen LogP contribution is -2.36. The number of ether oxygens (including phenoxy) is 1. The second kappa shape index (κ2) is 9.95. The number of aromatic nitrogens is 4. The van der Waals surface area contributed by atoms with Crippen LogP contribution in [0.5, 0.6) is 5.06 Å². The minimum Gasteiger partial charge on any atom is -0.480 e. The molecule has 7 nitrogen and oxygen atoms in total. The molecule has 7 rings (SSSR count). The molecular weight excluding hydrogens is 545 g/mol. The SMILES string of the molecule is CSc1cc(-c2nc(Nc3nn(C4CCN(C5CC5)CC4)cc3C3CC3)ncc2C(F)(F)F)sc1OC1CC1. The lowest BCUT2D eigenvalue weighted by atomic mass is 10.1. The first-order valence-corrected chi connectivity index (χ1v) is 15.8. The molecule has 3 aromatic heterocycles. The molecule has 12 heteroatoms. The van der Waals surface area contributed by atoms with E-state index in [1.165, 1.54) is 35.9 Å². The fraction of sp³-hybridized carbons (Fsp3) is 0.593. The Kier molecular flexibility index (Phi) is 6.54. The van der Waals surface area contributed by atoms with Gasteiger partial charge in [0, 0.05) is 37.1 Å². The smallest absolute Gasteiger partial charge is 0.420 e. The number of hydrogen-bond acceptors (Lipinski definition) is 8. The van der Waals surface area contributed by atoms with Crippen LogP contribution in [0.2, 0.25) is 0 Å². The van der Waals surface area contributed by atoms with Crippen molar-refractivity contribution in [2.45, 2.75) is 86.5 Å². The molecule has 0 bridgehead atoms. The zero-order chi connectivity index (χ0) is 26.7. The number of nitrogens with one attached hydrogen (secondary N) is 1. The van der Waals surface area contributed by atoms with E-state index in [9.17, 15) is 13.2 Å². The number of piperidine rings is 1. The normalized spacial score (nSPS) is 20.9. The summed E-state index contributed by atoms with van der Waals surface area (Å²) in [4.78, 5) is 12.3. The molecule has 0 spiro atoms. The molecule has 1 saturated heterocycles. The number of thiophene rings is 1. The van der Waals surface area contributed by atoms with Crippen LogP contribution in [0.25, 0.3) is 10.6 Å². The van der Waals surface area contributed by atoms with Crippen LogP contribution in [-0.4, -0.2) is 56.1 Å². The molecule has 4 heterocycles. The Labute approximate surface area is 233 Å². The van der Waals surface area contributed by atoms with Crippen LogP contribution in [0.3, 0.4) is 0 Å². The third-order valence-electron chi connectivity index (χ3n) is 7.96. The number of thioether (sulfide) groups is 1. The molecule has 4 aliphatic rings. The van der Waals surface area contributed by atoms with Crippen LogP contribution in [0.1, 0.15) is 74.5 Å².